The number of ether oxygens (including phenoxy) is 2. The maximum Gasteiger partial charge on any atom is 0.251 e. The van der Waals surface area contributed by atoms with Gasteiger partial charge in [0, 0.05) is 44.8 Å². The average Bonchev–Trinajstić information content (AvgIpc) is 3.26. The van der Waals surface area contributed by atoms with E-state index in [-0.39, 0.29) is 18.5 Å². The summed E-state index contributed by atoms with van der Waals surface area (Å²) in [5, 5.41) is 2.92. The molecule has 1 N–H and O–H groups in total. The van der Waals surface area contributed by atoms with Crippen LogP contribution in [0.2, 0.25) is 0 Å². The number of fused-ring (bicyclic) bond motifs is 1. The molecule has 4 rings (SSSR count). The van der Waals surface area contributed by atoms with Gasteiger partial charge in [-0.05, 0) is 42.3 Å². The number of carbonyl (C=O) groups excluding carboxylic acids is 1. The molecule has 8 nitrogen and oxygen atoms in total. The highest BCUT2D eigenvalue weighted by atomic mass is 32.2. The summed E-state index contributed by atoms with van der Waals surface area (Å²) in [5.41, 5.74) is 2.64. The second-order valence-corrected chi connectivity index (χ2v) is 9.90. The van der Waals surface area contributed by atoms with Crippen molar-refractivity contribution in [2.75, 3.05) is 38.7 Å². The molecular weight excluding hydrogens is 418 g/mol. The molecule has 9 heteroatoms. The molecule has 0 aromatic heterocycles. The Hall–Kier alpha value is -2.62. The Morgan fingerprint density at radius 3 is 2.35 bits per heavy atom. The van der Waals surface area contributed by atoms with Crippen molar-refractivity contribution < 1.29 is 22.7 Å². The number of nitrogens with zero attached hydrogens (tertiary/aromatic N) is 2. The van der Waals surface area contributed by atoms with Gasteiger partial charge in [-0.1, -0.05) is 18.2 Å². The van der Waals surface area contributed by atoms with Crippen LogP contribution in [0.25, 0.3) is 0 Å². The van der Waals surface area contributed by atoms with Gasteiger partial charge in [0.2, 0.25) is 16.8 Å². The Balaban J connectivity index is 1.27. The predicted octanol–water partition coefficient (Wildman–Crippen LogP) is 1.81. The third kappa shape index (κ3) is 5.17. The molecule has 2 aromatic carbocycles. The van der Waals surface area contributed by atoms with Crippen LogP contribution in [-0.4, -0.2) is 62.3 Å². The van der Waals surface area contributed by atoms with Crippen molar-refractivity contribution in [3.8, 4) is 11.5 Å². The number of rotatable bonds is 7. The van der Waals surface area contributed by atoms with Gasteiger partial charge in [0.05, 0.1) is 5.75 Å². The van der Waals surface area contributed by atoms with Gasteiger partial charge in [-0.15, -0.1) is 0 Å². The molecule has 1 saturated heterocycles. The molecule has 1 fully saturated rings. The lowest BCUT2D eigenvalue weighted by atomic mass is 10.1. The summed E-state index contributed by atoms with van der Waals surface area (Å²) in [7, 11) is -3.11. The van der Waals surface area contributed by atoms with Crippen LogP contribution in [0.3, 0.4) is 0 Å². The standard InChI is InChI=1S/C22H27N3O5S/c1-2-31(27,28)25-11-9-24(10-12-25)15-17-3-6-19(7-4-17)22(26)23-14-18-5-8-20-21(13-18)30-16-29-20/h3-8,13H,2,9-12,14-16H2,1H3,(H,23,26). The summed E-state index contributed by atoms with van der Waals surface area (Å²) < 4.78 is 36.2. The molecular formula is C22H27N3O5S. The second kappa shape index (κ2) is 9.25. The number of hydrogen-bond acceptors (Lipinski definition) is 6. The highest BCUT2D eigenvalue weighted by molar-refractivity contribution is 7.89. The van der Waals surface area contributed by atoms with Crippen LogP contribution in [0.4, 0.5) is 0 Å². The van der Waals surface area contributed by atoms with Crippen LogP contribution in [-0.2, 0) is 23.1 Å². The average molecular weight is 446 g/mol. The van der Waals surface area contributed by atoms with Gasteiger partial charge in [0.1, 0.15) is 0 Å². The van der Waals surface area contributed by atoms with Gasteiger partial charge in [-0.25, -0.2) is 8.42 Å². The number of benzene rings is 2. The molecule has 1 amide bonds. The molecule has 166 valence electrons. The van der Waals surface area contributed by atoms with Gasteiger partial charge in [-0.3, -0.25) is 9.69 Å². The molecule has 0 aliphatic carbocycles. The fraction of sp³-hybridized carbons (Fsp3) is 0.409. The minimum absolute atomic E-state index is 0.136. The zero-order valence-electron chi connectivity index (χ0n) is 17.5. The van der Waals surface area contributed by atoms with Crippen molar-refractivity contribution in [2.24, 2.45) is 0 Å². The molecule has 0 saturated carbocycles. The summed E-state index contributed by atoms with van der Waals surface area (Å²) in [5.74, 6) is 1.43. The number of sulfonamides is 1. The second-order valence-electron chi connectivity index (χ2n) is 7.64. The Morgan fingerprint density at radius 1 is 0.968 bits per heavy atom. The maximum absolute atomic E-state index is 12.5. The van der Waals surface area contributed by atoms with E-state index in [1.54, 1.807) is 11.2 Å². The molecule has 31 heavy (non-hydrogen) atoms. The van der Waals surface area contributed by atoms with Crippen molar-refractivity contribution in [2.45, 2.75) is 20.0 Å². The van der Waals surface area contributed by atoms with E-state index < -0.39 is 10.0 Å². The van der Waals surface area contributed by atoms with Crippen molar-refractivity contribution in [1.29, 1.82) is 0 Å². The van der Waals surface area contributed by atoms with E-state index in [0.717, 1.165) is 23.4 Å². The zero-order valence-corrected chi connectivity index (χ0v) is 18.4. The fourth-order valence-electron chi connectivity index (χ4n) is 3.70. The highest BCUT2D eigenvalue weighted by Gasteiger charge is 2.25. The van der Waals surface area contributed by atoms with Gasteiger partial charge in [0.25, 0.3) is 5.91 Å². The highest BCUT2D eigenvalue weighted by Crippen LogP contribution is 2.32. The maximum atomic E-state index is 12.5. The predicted molar refractivity (Wildman–Crippen MR) is 116 cm³/mol. The lowest BCUT2D eigenvalue weighted by Crippen LogP contribution is -2.48. The summed E-state index contributed by atoms with van der Waals surface area (Å²) >= 11 is 0. The molecule has 0 radical (unpaired) electrons. The summed E-state index contributed by atoms with van der Waals surface area (Å²) in [6.07, 6.45) is 0. The van der Waals surface area contributed by atoms with Gasteiger partial charge < -0.3 is 14.8 Å². The summed E-state index contributed by atoms with van der Waals surface area (Å²) in [6, 6.07) is 13.2. The van der Waals surface area contributed by atoms with Gasteiger partial charge in [-0.2, -0.15) is 4.31 Å². The number of carbonyl (C=O) groups is 1. The number of amides is 1. The third-order valence-electron chi connectivity index (χ3n) is 5.60. The molecule has 2 aliphatic rings. The summed E-state index contributed by atoms with van der Waals surface area (Å²) in [6.45, 7) is 5.50. The van der Waals surface area contributed by atoms with Gasteiger partial charge >= 0.3 is 0 Å². The monoisotopic (exact) mass is 445 g/mol. The van der Waals surface area contributed by atoms with E-state index in [9.17, 15) is 13.2 Å². The number of nitrogens with one attached hydrogen (secondary N) is 1. The first kappa shape index (κ1) is 21.6. The van der Waals surface area contributed by atoms with Crippen LogP contribution in [0, 0.1) is 0 Å². The van der Waals surface area contributed by atoms with E-state index >= 15 is 0 Å². The van der Waals surface area contributed by atoms with Crippen molar-refractivity contribution >= 4 is 15.9 Å². The molecule has 2 heterocycles. The summed E-state index contributed by atoms with van der Waals surface area (Å²) in [4.78, 5) is 14.7. The fourth-order valence-corrected chi connectivity index (χ4v) is 4.79. The number of piperazine rings is 1. The first-order valence-electron chi connectivity index (χ1n) is 10.4. The molecule has 2 aromatic rings. The topological polar surface area (TPSA) is 88.2 Å². The third-order valence-corrected chi connectivity index (χ3v) is 7.48. The van der Waals surface area contributed by atoms with Crippen LogP contribution in [0.5, 0.6) is 11.5 Å². The Kier molecular flexibility index (Phi) is 6.45. The van der Waals surface area contributed by atoms with Crippen LogP contribution in [0.1, 0.15) is 28.4 Å². The normalized spacial score (nSPS) is 16.9. The van der Waals surface area contributed by atoms with Crippen molar-refractivity contribution in [3.63, 3.8) is 0 Å². The lowest BCUT2D eigenvalue weighted by Gasteiger charge is -2.33. The lowest BCUT2D eigenvalue weighted by molar-refractivity contribution is 0.0950. The quantitative estimate of drug-likeness (QED) is 0.699. The van der Waals surface area contributed by atoms with Crippen LogP contribution in [0.15, 0.2) is 42.5 Å². The Bertz CT molecular complexity index is 1030. The SMILES string of the molecule is CCS(=O)(=O)N1CCN(Cc2ccc(C(=O)NCc3ccc4c(c3)OCO4)cc2)CC1. The Labute approximate surface area is 182 Å². The molecule has 2 aliphatic heterocycles. The smallest absolute Gasteiger partial charge is 0.251 e. The van der Waals surface area contributed by atoms with Crippen LogP contribution < -0.4 is 14.8 Å². The molecule has 0 spiro atoms. The van der Waals surface area contributed by atoms with E-state index in [1.165, 1.54) is 0 Å². The van der Waals surface area contributed by atoms with Crippen LogP contribution >= 0.6 is 0 Å². The van der Waals surface area contributed by atoms with E-state index in [1.807, 2.05) is 42.5 Å². The van der Waals surface area contributed by atoms with Crippen molar-refractivity contribution in [3.05, 3.63) is 59.2 Å². The molecule has 0 bridgehead atoms. The van der Waals surface area contributed by atoms with E-state index in [2.05, 4.69) is 10.2 Å². The van der Waals surface area contributed by atoms with Gasteiger partial charge in [0.15, 0.2) is 11.5 Å². The number of hydrogen-bond donors (Lipinski definition) is 1. The molecule has 0 unspecified atom stereocenters. The first-order valence-corrected chi connectivity index (χ1v) is 12.0. The first-order chi connectivity index (χ1) is 14.9. The van der Waals surface area contributed by atoms with E-state index in [4.69, 9.17) is 9.47 Å². The van der Waals surface area contributed by atoms with Crippen molar-refractivity contribution in [1.82, 2.24) is 14.5 Å². The zero-order chi connectivity index (χ0) is 21.8. The minimum Gasteiger partial charge on any atom is -0.454 e. The molecule has 0 atom stereocenters. The minimum atomic E-state index is -3.11. The van der Waals surface area contributed by atoms with E-state index in [0.29, 0.717) is 44.0 Å². The largest absolute Gasteiger partial charge is 0.454 e. The Morgan fingerprint density at radius 2 is 1.65 bits per heavy atom.